The van der Waals surface area contributed by atoms with Crippen LogP contribution in [0, 0.1) is 6.92 Å². The minimum absolute atomic E-state index is 1.08. The molecule has 26 heavy (non-hydrogen) atoms. The zero-order chi connectivity index (χ0) is 18.4. The summed E-state index contributed by atoms with van der Waals surface area (Å²) in [5.74, 6) is 0. The lowest BCUT2D eigenvalue weighted by molar-refractivity contribution is 1.10. The highest BCUT2D eigenvalue weighted by Gasteiger charge is 2.22. The van der Waals surface area contributed by atoms with Crippen molar-refractivity contribution in [3.8, 4) is 22.3 Å². The Morgan fingerprint density at radius 3 is 2.35 bits per heavy atom. The standard InChI is InChI=1S/C26H26/c1-6-16(3)25(17(4)7-2)19-12-14-21-23-13-11-18(5)20-9-8-10-22(26(20)23)24(21)15-19/h6,8-15H,7H2,1-5H3/b16-6-,25-17+. The lowest BCUT2D eigenvalue weighted by atomic mass is 9.90. The average Bonchev–Trinajstić information content (AvgIpc) is 2.99. The summed E-state index contributed by atoms with van der Waals surface area (Å²) in [4.78, 5) is 0. The third kappa shape index (κ3) is 2.36. The minimum atomic E-state index is 1.08. The quantitative estimate of drug-likeness (QED) is 0.332. The molecule has 0 aromatic heterocycles. The molecular weight excluding hydrogens is 312 g/mol. The van der Waals surface area contributed by atoms with Crippen LogP contribution in [0.5, 0.6) is 0 Å². The van der Waals surface area contributed by atoms with Crippen molar-refractivity contribution in [2.75, 3.05) is 0 Å². The molecule has 4 rings (SSSR count). The summed E-state index contributed by atoms with van der Waals surface area (Å²) in [7, 11) is 0. The Hall–Kier alpha value is -2.60. The van der Waals surface area contributed by atoms with Crippen molar-refractivity contribution >= 4 is 16.3 Å². The number of hydrogen-bond donors (Lipinski definition) is 0. The van der Waals surface area contributed by atoms with Gasteiger partial charge in [-0.3, -0.25) is 0 Å². The molecule has 0 heterocycles. The molecule has 0 nitrogen and oxygen atoms in total. The number of hydrogen-bond acceptors (Lipinski definition) is 0. The van der Waals surface area contributed by atoms with Crippen LogP contribution >= 0.6 is 0 Å². The minimum Gasteiger partial charge on any atom is -0.0841 e. The molecule has 0 saturated carbocycles. The number of aryl methyl sites for hydroxylation is 1. The molecule has 0 unspecified atom stereocenters. The van der Waals surface area contributed by atoms with E-state index >= 15 is 0 Å². The number of rotatable bonds is 3. The zero-order valence-electron chi connectivity index (χ0n) is 16.4. The molecule has 0 heteroatoms. The molecule has 0 bridgehead atoms. The van der Waals surface area contributed by atoms with Crippen molar-refractivity contribution in [1.82, 2.24) is 0 Å². The van der Waals surface area contributed by atoms with E-state index < -0.39 is 0 Å². The van der Waals surface area contributed by atoms with Crippen LogP contribution in [0.15, 0.2) is 65.8 Å². The fraction of sp³-hybridized carbons (Fsp3) is 0.231. The molecule has 1 aliphatic rings. The van der Waals surface area contributed by atoms with Crippen LogP contribution < -0.4 is 0 Å². The highest BCUT2D eigenvalue weighted by atomic mass is 14.3. The van der Waals surface area contributed by atoms with E-state index in [1.54, 1.807) is 0 Å². The van der Waals surface area contributed by atoms with Crippen molar-refractivity contribution in [3.63, 3.8) is 0 Å². The topological polar surface area (TPSA) is 0 Å². The number of allylic oxidation sites excluding steroid dienone is 4. The summed E-state index contributed by atoms with van der Waals surface area (Å²) in [6, 6.07) is 18.3. The summed E-state index contributed by atoms with van der Waals surface area (Å²) in [6.07, 6.45) is 3.30. The molecule has 0 fully saturated rings. The molecule has 0 N–H and O–H groups in total. The molecule has 0 atom stereocenters. The lowest BCUT2D eigenvalue weighted by Crippen LogP contribution is -1.92. The van der Waals surface area contributed by atoms with Gasteiger partial charge in [0.25, 0.3) is 0 Å². The molecule has 0 saturated heterocycles. The largest absolute Gasteiger partial charge is 0.0841 e. The van der Waals surface area contributed by atoms with E-state index in [2.05, 4.69) is 89.2 Å². The maximum Gasteiger partial charge on any atom is -0.00237 e. The van der Waals surface area contributed by atoms with Gasteiger partial charge in [0.05, 0.1) is 0 Å². The second-order valence-corrected chi connectivity index (χ2v) is 7.40. The zero-order valence-corrected chi connectivity index (χ0v) is 16.4. The van der Waals surface area contributed by atoms with E-state index in [1.807, 2.05) is 0 Å². The summed E-state index contributed by atoms with van der Waals surface area (Å²) < 4.78 is 0. The highest BCUT2D eigenvalue weighted by Crippen LogP contribution is 2.48. The first-order chi connectivity index (χ1) is 12.6. The molecule has 0 aliphatic heterocycles. The SMILES string of the molecule is C/C=C(C)\C(=C(\C)CC)c1ccc2c(c1)-c1cccc3c(C)ccc-2c13. The summed E-state index contributed by atoms with van der Waals surface area (Å²) in [6.45, 7) is 11.1. The van der Waals surface area contributed by atoms with Gasteiger partial charge >= 0.3 is 0 Å². The normalized spacial score (nSPS) is 13.8. The number of benzene rings is 3. The van der Waals surface area contributed by atoms with Crippen molar-refractivity contribution in [2.45, 2.75) is 41.0 Å². The van der Waals surface area contributed by atoms with Gasteiger partial charge in [-0.15, -0.1) is 0 Å². The molecule has 3 aromatic rings. The lowest BCUT2D eigenvalue weighted by Gasteiger charge is -2.14. The van der Waals surface area contributed by atoms with Crippen molar-refractivity contribution < 1.29 is 0 Å². The Labute approximate surface area is 156 Å². The van der Waals surface area contributed by atoms with Gasteiger partial charge in [-0.1, -0.05) is 61.0 Å². The third-order valence-corrected chi connectivity index (χ3v) is 5.93. The predicted molar refractivity (Wildman–Crippen MR) is 115 cm³/mol. The smallest absolute Gasteiger partial charge is 0.00237 e. The molecule has 3 aromatic carbocycles. The van der Waals surface area contributed by atoms with Crippen LogP contribution in [-0.2, 0) is 0 Å². The van der Waals surface area contributed by atoms with Crippen LogP contribution in [0.1, 0.15) is 45.2 Å². The first kappa shape index (κ1) is 16.8. The van der Waals surface area contributed by atoms with Gasteiger partial charge in [-0.25, -0.2) is 0 Å². The fourth-order valence-electron chi connectivity index (χ4n) is 4.29. The van der Waals surface area contributed by atoms with E-state index in [0.717, 1.165) is 6.42 Å². The average molecular weight is 338 g/mol. The van der Waals surface area contributed by atoms with Gasteiger partial charge in [-0.2, -0.15) is 0 Å². The van der Waals surface area contributed by atoms with Crippen LogP contribution in [-0.4, -0.2) is 0 Å². The number of fused-ring (bicyclic) bond motifs is 3. The summed E-state index contributed by atoms with van der Waals surface area (Å²) >= 11 is 0. The van der Waals surface area contributed by atoms with Crippen molar-refractivity contribution in [1.29, 1.82) is 0 Å². The maximum atomic E-state index is 2.40. The third-order valence-electron chi connectivity index (χ3n) is 5.93. The van der Waals surface area contributed by atoms with E-state index in [9.17, 15) is 0 Å². The van der Waals surface area contributed by atoms with E-state index in [1.165, 1.54) is 60.9 Å². The Bertz CT molecular complexity index is 1090. The summed E-state index contributed by atoms with van der Waals surface area (Å²) in [5, 5.41) is 2.79. The van der Waals surface area contributed by atoms with Crippen LogP contribution in [0.3, 0.4) is 0 Å². The van der Waals surface area contributed by atoms with Crippen molar-refractivity contribution in [2.24, 2.45) is 0 Å². The fourth-order valence-corrected chi connectivity index (χ4v) is 4.29. The second kappa shape index (κ2) is 6.29. The van der Waals surface area contributed by atoms with E-state index in [0.29, 0.717) is 0 Å². The molecule has 1 aliphatic carbocycles. The van der Waals surface area contributed by atoms with Crippen molar-refractivity contribution in [3.05, 3.63) is 76.9 Å². The van der Waals surface area contributed by atoms with E-state index in [-0.39, 0.29) is 0 Å². The highest BCUT2D eigenvalue weighted by molar-refractivity contribution is 6.16. The van der Waals surface area contributed by atoms with Gasteiger partial charge in [0.1, 0.15) is 0 Å². The van der Waals surface area contributed by atoms with Gasteiger partial charge in [-0.05, 0) is 95.5 Å². The van der Waals surface area contributed by atoms with Crippen LogP contribution in [0.2, 0.25) is 0 Å². The Balaban J connectivity index is 2.00. The monoisotopic (exact) mass is 338 g/mol. The Morgan fingerprint density at radius 2 is 1.62 bits per heavy atom. The van der Waals surface area contributed by atoms with Gasteiger partial charge in [0, 0.05) is 0 Å². The Morgan fingerprint density at radius 1 is 0.885 bits per heavy atom. The molecule has 0 spiro atoms. The first-order valence-electron chi connectivity index (χ1n) is 9.57. The van der Waals surface area contributed by atoms with E-state index in [4.69, 9.17) is 0 Å². The Kier molecular flexibility index (Phi) is 4.07. The van der Waals surface area contributed by atoms with Gasteiger partial charge in [0.2, 0.25) is 0 Å². The van der Waals surface area contributed by atoms with Gasteiger partial charge in [0.15, 0.2) is 0 Å². The predicted octanol–water partition coefficient (Wildman–Crippen LogP) is 7.95. The molecule has 130 valence electrons. The van der Waals surface area contributed by atoms with Crippen LogP contribution in [0.4, 0.5) is 0 Å². The summed E-state index contributed by atoms with van der Waals surface area (Å²) in [5.41, 5.74) is 12.4. The van der Waals surface area contributed by atoms with Crippen LogP contribution in [0.25, 0.3) is 38.6 Å². The molecule has 0 amide bonds. The maximum absolute atomic E-state index is 2.40. The second-order valence-electron chi connectivity index (χ2n) is 7.40. The first-order valence-corrected chi connectivity index (χ1v) is 9.57. The molecular formula is C26H26. The molecule has 0 radical (unpaired) electrons. The van der Waals surface area contributed by atoms with Gasteiger partial charge < -0.3 is 0 Å².